The molecule has 0 aliphatic heterocycles. The highest BCUT2D eigenvalue weighted by molar-refractivity contribution is 5.99. The van der Waals surface area contributed by atoms with Crippen molar-refractivity contribution < 1.29 is 9.59 Å². The van der Waals surface area contributed by atoms with Crippen LogP contribution in [0.25, 0.3) is 0 Å². The topological polar surface area (TPSA) is 63.4 Å². The number of Topliss-reactive ketones (excluding diaryl/α,β-unsaturated/α-hetero) is 1. The van der Waals surface area contributed by atoms with Crippen LogP contribution in [0.3, 0.4) is 0 Å². The van der Waals surface area contributed by atoms with E-state index in [1.807, 2.05) is 32.0 Å². The Morgan fingerprint density at radius 1 is 1.24 bits per heavy atom. The molecule has 0 unspecified atom stereocenters. The fourth-order valence-corrected chi connectivity index (χ4v) is 1.78. The van der Waals surface area contributed by atoms with E-state index in [-0.39, 0.29) is 18.9 Å². The molecule has 0 spiro atoms. The lowest BCUT2D eigenvalue weighted by molar-refractivity contribution is -0.118. The second kappa shape index (κ2) is 5.59. The molecule has 4 heteroatoms. The highest BCUT2D eigenvalue weighted by Gasteiger charge is 2.12. The molecule has 1 amide bonds. The van der Waals surface area contributed by atoms with Crippen molar-refractivity contribution in [2.75, 3.05) is 20.1 Å². The van der Waals surface area contributed by atoms with Crippen LogP contribution < -0.4 is 5.73 Å². The predicted octanol–water partition coefficient (Wildman–Crippen LogP) is 0.903. The van der Waals surface area contributed by atoms with Crippen molar-refractivity contribution in [2.24, 2.45) is 5.73 Å². The summed E-state index contributed by atoms with van der Waals surface area (Å²) < 4.78 is 0. The van der Waals surface area contributed by atoms with E-state index in [0.717, 1.165) is 11.1 Å². The van der Waals surface area contributed by atoms with Crippen molar-refractivity contribution >= 4 is 11.7 Å². The van der Waals surface area contributed by atoms with Gasteiger partial charge in [-0.3, -0.25) is 14.5 Å². The fourth-order valence-electron chi connectivity index (χ4n) is 1.78. The van der Waals surface area contributed by atoms with E-state index in [1.165, 1.54) is 0 Å². The number of hydrogen-bond donors (Lipinski definition) is 1. The number of hydrogen-bond acceptors (Lipinski definition) is 3. The van der Waals surface area contributed by atoms with Crippen LogP contribution in [-0.4, -0.2) is 36.7 Å². The molecular weight excluding hydrogens is 216 g/mol. The van der Waals surface area contributed by atoms with Gasteiger partial charge in [-0.2, -0.15) is 0 Å². The smallest absolute Gasteiger partial charge is 0.231 e. The van der Waals surface area contributed by atoms with Crippen molar-refractivity contribution in [2.45, 2.75) is 13.8 Å². The molecule has 0 atom stereocenters. The molecule has 4 nitrogen and oxygen atoms in total. The quantitative estimate of drug-likeness (QED) is 0.770. The van der Waals surface area contributed by atoms with Gasteiger partial charge in [0.15, 0.2) is 5.78 Å². The Labute approximate surface area is 101 Å². The van der Waals surface area contributed by atoms with Crippen LogP contribution in [0.1, 0.15) is 21.5 Å². The molecule has 0 radical (unpaired) electrons. The minimum atomic E-state index is -0.430. The number of benzene rings is 1. The molecule has 17 heavy (non-hydrogen) atoms. The lowest BCUT2D eigenvalue weighted by Gasteiger charge is -2.14. The van der Waals surface area contributed by atoms with E-state index in [9.17, 15) is 9.59 Å². The average Bonchev–Trinajstić information content (AvgIpc) is 2.15. The number of primary amides is 1. The zero-order valence-electron chi connectivity index (χ0n) is 10.5. The normalized spacial score (nSPS) is 10.6. The Morgan fingerprint density at radius 3 is 2.41 bits per heavy atom. The first kappa shape index (κ1) is 13.4. The van der Waals surface area contributed by atoms with Crippen molar-refractivity contribution in [3.8, 4) is 0 Å². The number of aryl methyl sites for hydroxylation is 2. The Bertz CT molecular complexity index is 441. The zero-order valence-corrected chi connectivity index (χ0v) is 10.5. The lowest BCUT2D eigenvalue weighted by atomic mass is 10.0. The van der Waals surface area contributed by atoms with Gasteiger partial charge < -0.3 is 5.73 Å². The standard InChI is InChI=1S/C13H18N2O2/c1-9-4-5-11(10(2)6-9)12(16)7-15(3)8-13(14)17/h4-6H,7-8H2,1-3H3,(H2,14,17). The number of rotatable bonds is 5. The minimum absolute atomic E-state index is 0.00579. The maximum absolute atomic E-state index is 12.0. The summed E-state index contributed by atoms with van der Waals surface area (Å²) in [6.45, 7) is 4.19. The second-order valence-corrected chi connectivity index (χ2v) is 4.38. The molecule has 0 bridgehead atoms. The lowest BCUT2D eigenvalue weighted by Crippen LogP contribution is -2.34. The molecule has 0 saturated carbocycles. The molecule has 1 rings (SSSR count). The Balaban J connectivity index is 2.73. The molecule has 0 aliphatic carbocycles. The van der Waals surface area contributed by atoms with Crippen LogP contribution in [0.2, 0.25) is 0 Å². The Hall–Kier alpha value is -1.68. The van der Waals surface area contributed by atoms with E-state index in [4.69, 9.17) is 5.73 Å². The SMILES string of the molecule is Cc1ccc(C(=O)CN(C)CC(N)=O)c(C)c1. The summed E-state index contributed by atoms with van der Waals surface area (Å²) in [5, 5.41) is 0. The molecule has 0 saturated heterocycles. The first-order valence-electron chi connectivity index (χ1n) is 5.47. The molecule has 92 valence electrons. The zero-order chi connectivity index (χ0) is 13.0. The summed E-state index contributed by atoms with van der Waals surface area (Å²) in [5.41, 5.74) is 7.86. The van der Waals surface area contributed by atoms with Gasteiger partial charge >= 0.3 is 0 Å². The Kier molecular flexibility index (Phi) is 4.40. The first-order chi connectivity index (χ1) is 7.90. The summed E-state index contributed by atoms with van der Waals surface area (Å²) in [6, 6.07) is 5.71. The van der Waals surface area contributed by atoms with E-state index >= 15 is 0 Å². The van der Waals surface area contributed by atoms with Crippen molar-refractivity contribution in [1.29, 1.82) is 0 Å². The van der Waals surface area contributed by atoms with E-state index in [1.54, 1.807) is 11.9 Å². The highest BCUT2D eigenvalue weighted by Crippen LogP contribution is 2.11. The van der Waals surface area contributed by atoms with Gasteiger partial charge in [0.2, 0.25) is 5.91 Å². The predicted molar refractivity (Wildman–Crippen MR) is 66.9 cm³/mol. The van der Waals surface area contributed by atoms with Crippen molar-refractivity contribution in [3.05, 3.63) is 34.9 Å². The van der Waals surface area contributed by atoms with Gasteiger partial charge in [0.25, 0.3) is 0 Å². The van der Waals surface area contributed by atoms with E-state index in [0.29, 0.717) is 5.56 Å². The first-order valence-corrected chi connectivity index (χ1v) is 5.47. The highest BCUT2D eigenvalue weighted by atomic mass is 16.1. The van der Waals surface area contributed by atoms with Crippen molar-refractivity contribution in [3.63, 3.8) is 0 Å². The molecule has 1 aromatic carbocycles. The summed E-state index contributed by atoms with van der Waals surface area (Å²) in [7, 11) is 1.70. The van der Waals surface area contributed by atoms with Gasteiger partial charge in [0.05, 0.1) is 13.1 Å². The number of nitrogens with two attached hydrogens (primary N) is 1. The van der Waals surface area contributed by atoms with Crippen LogP contribution in [-0.2, 0) is 4.79 Å². The number of carbonyl (C=O) groups excluding carboxylic acids is 2. The van der Waals surface area contributed by atoms with Crippen LogP contribution in [0.5, 0.6) is 0 Å². The maximum Gasteiger partial charge on any atom is 0.231 e. The molecule has 0 heterocycles. The van der Waals surface area contributed by atoms with Gasteiger partial charge in [-0.05, 0) is 26.5 Å². The number of carbonyl (C=O) groups is 2. The van der Waals surface area contributed by atoms with Crippen LogP contribution in [0.4, 0.5) is 0 Å². The number of ketones is 1. The molecule has 2 N–H and O–H groups in total. The van der Waals surface area contributed by atoms with Crippen LogP contribution >= 0.6 is 0 Å². The summed E-state index contributed by atoms with van der Waals surface area (Å²) >= 11 is 0. The summed E-state index contributed by atoms with van der Waals surface area (Å²) in [5.74, 6) is -0.424. The molecule has 0 aromatic heterocycles. The second-order valence-electron chi connectivity index (χ2n) is 4.38. The summed E-state index contributed by atoms with van der Waals surface area (Å²) in [6.07, 6.45) is 0. The van der Waals surface area contributed by atoms with Gasteiger partial charge in [0, 0.05) is 5.56 Å². The van der Waals surface area contributed by atoms with E-state index in [2.05, 4.69) is 0 Å². The molecule has 0 fully saturated rings. The van der Waals surface area contributed by atoms with E-state index < -0.39 is 5.91 Å². The largest absolute Gasteiger partial charge is 0.369 e. The third kappa shape index (κ3) is 4.00. The third-order valence-corrected chi connectivity index (χ3v) is 2.52. The van der Waals surface area contributed by atoms with Gasteiger partial charge in [-0.15, -0.1) is 0 Å². The molecule has 0 aliphatic rings. The summed E-state index contributed by atoms with van der Waals surface area (Å²) in [4.78, 5) is 24.3. The van der Waals surface area contributed by atoms with Gasteiger partial charge in [-0.1, -0.05) is 23.8 Å². The third-order valence-electron chi connectivity index (χ3n) is 2.52. The van der Waals surface area contributed by atoms with Crippen LogP contribution in [0.15, 0.2) is 18.2 Å². The minimum Gasteiger partial charge on any atom is -0.369 e. The Morgan fingerprint density at radius 2 is 1.88 bits per heavy atom. The molecular formula is C13H18N2O2. The van der Waals surface area contributed by atoms with Crippen molar-refractivity contribution in [1.82, 2.24) is 4.90 Å². The number of amides is 1. The fraction of sp³-hybridized carbons (Fsp3) is 0.385. The molecule has 1 aromatic rings. The maximum atomic E-state index is 12.0. The monoisotopic (exact) mass is 234 g/mol. The average molecular weight is 234 g/mol. The number of nitrogens with zero attached hydrogens (tertiary/aromatic N) is 1. The van der Waals surface area contributed by atoms with Gasteiger partial charge in [0.1, 0.15) is 0 Å². The van der Waals surface area contributed by atoms with Crippen LogP contribution in [0, 0.1) is 13.8 Å². The van der Waals surface area contributed by atoms with Gasteiger partial charge in [-0.25, -0.2) is 0 Å². The number of likely N-dealkylation sites (N-methyl/N-ethyl adjacent to an activating group) is 1.